The summed E-state index contributed by atoms with van der Waals surface area (Å²) in [5.41, 5.74) is 1.66. The molecule has 0 amide bonds. The molecule has 0 spiro atoms. The maximum atomic E-state index is 9.08. The highest BCUT2D eigenvalue weighted by Crippen LogP contribution is 2.28. The third-order valence-corrected chi connectivity index (χ3v) is 1.42. The quantitative estimate of drug-likeness (QED) is 0.536. The Labute approximate surface area is 59.7 Å². The van der Waals surface area contributed by atoms with Crippen molar-refractivity contribution in [3.8, 4) is 11.5 Å². The number of aryl methyl sites for hydroxylation is 2. The van der Waals surface area contributed by atoms with Crippen LogP contribution in [0.4, 0.5) is 0 Å². The van der Waals surface area contributed by atoms with Gasteiger partial charge in [0.15, 0.2) is 11.5 Å². The summed E-state index contributed by atoms with van der Waals surface area (Å²) >= 11 is 0. The maximum Gasteiger partial charge on any atom is 0.160 e. The van der Waals surface area contributed by atoms with Gasteiger partial charge >= 0.3 is 0 Å². The molecule has 0 heterocycles. The second kappa shape index (κ2) is 2.21. The van der Waals surface area contributed by atoms with Gasteiger partial charge in [-0.05, 0) is 31.0 Å². The van der Waals surface area contributed by atoms with Crippen molar-refractivity contribution in [3.05, 3.63) is 23.3 Å². The number of rotatable bonds is 0. The average Bonchev–Trinajstić information content (AvgIpc) is 1.82. The number of phenolic OH excluding ortho intramolecular Hbond substituents is 2. The molecule has 10 heavy (non-hydrogen) atoms. The highest BCUT2D eigenvalue weighted by atomic mass is 16.3. The lowest BCUT2D eigenvalue weighted by Gasteiger charge is -2.01. The van der Waals surface area contributed by atoms with Crippen molar-refractivity contribution in [2.75, 3.05) is 0 Å². The lowest BCUT2D eigenvalue weighted by atomic mass is 10.1. The van der Waals surface area contributed by atoms with Gasteiger partial charge in [-0.3, -0.25) is 0 Å². The highest BCUT2D eigenvalue weighted by Gasteiger charge is 2.01. The fraction of sp³-hybridized carbons (Fsp3) is 0.250. The van der Waals surface area contributed by atoms with Crippen LogP contribution in [-0.2, 0) is 0 Å². The van der Waals surface area contributed by atoms with E-state index in [1.807, 2.05) is 13.0 Å². The Balaban J connectivity index is 3.31. The third kappa shape index (κ3) is 1.05. The molecule has 0 radical (unpaired) electrons. The molecule has 0 saturated carbocycles. The van der Waals surface area contributed by atoms with Crippen LogP contribution in [0.25, 0.3) is 0 Å². The molecule has 0 unspecified atom stereocenters. The number of hydrogen-bond acceptors (Lipinski definition) is 2. The van der Waals surface area contributed by atoms with Crippen LogP contribution in [0, 0.1) is 13.8 Å². The Bertz CT molecular complexity index is 230. The van der Waals surface area contributed by atoms with Gasteiger partial charge in [-0.15, -0.1) is 0 Å². The number of benzene rings is 1. The Hall–Kier alpha value is -1.18. The topological polar surface area (TPSA) is 40.5 Å². The molecule has 0 aromatic heterocycles. The fourth-order valence-electron chi connectivity index (χ4n) is 0.938. The van der Waals surface area contributed by atoms with Gasteiger partial charge in [0, 0.05) is 0 Å². The summed E-state index contributed by atoms with van der Waals surface area (Å²) in [6.07, 6.45) is 0. The second-order valence-electron chi connectivity index (χ2n) is 2.45. The van der Waals surface area contributed by atoms with Crippen LogP contribution in [0.3, 0.4) is 0 Å². The van der Waals surface area contributed by atoms with E-state index in [0.29, 0.717) is 5.56 Å². The molecular weight excluding hydrogens is 128 g/mol. The van der Waals surface area contributed by atoms with Gasteiger partial charge in [0.1, 0.15) is 0 Å². The second-order valence-corrected chi connectivity index (χ2v) is 2.45. The monoisotopic (exact) mass is 138 g/mol. The van der Waals surface area contributed by atoms with E-state index < -0.39 is 0 Å². The normalized spacial score (nSPS) is 9.80. The van der Waals surface area contributed by atoms with Crippen molar-refractivity contribution in [1.29, 1.82) is 0 Å². The molecule has 0 atom stereocenters. The van der Waals surface area contributed by atoms with Gasteiger partial charge in [-0.2, -0.15) is 0 Å². The van der Waals surface area contributed by atoms with E-state index in [4.69, 9.17) is 10.2 Å². The molecule has 1 rings (SSSR count). The zero-order valence-electron chi connectivity index (χ0n) is 6.05. The van der Waals surface area contributed by atoms with E-state index in [1.165, 1.54) is 6.07 Å². The van der Waals surface area contributed by atoms with E-state index in [-0.39, 0.29) is 11.5 Å². The van der Waals surface area contributed by atoms with Crippen LogP contribution in [-0.4, -0.2) is 10.2 Å². The Morgan fingerprint density at radius 2 is 1.70 bits per heavy atom. The van der Waals surface area contributed by atoms with Crippen molar-refractivity contribution < 1.29 is 10.2 Å². The molecular formula is C8H10O2. The Morgan fingerprint density at radius 3 is 2.20 bits per heavy atom. The summed E-state index contributed by atoms with van der Waals surface area (Å²) in [4.78, 5) is 0. The molecule has 0 aliphatic carbocycles. The maximum absolute atomic E-state index is 9.08. The summed E-state index contributed by atoms with van der Waals surface area (Å²) < 4.78 is 0. The molecule has 1 aromatic carbocycles. The van der Waals surface area contributed by atoms with Gasteiger partial charge in [0.25, 0.3) is 0 Å². The van der Waals surface area contributed by atoms with Gasteiger partial charge < -0.3 is 10.2 Å². The number of aromatic hydroxyl groups is 2. The molecule has 0 fully saturated rings. The first-order valence-corrected chi connectivity index (χ1v) is 3.10. The minimum atomic E-state index is -0.0440. The van der Waals surface area contributed by atoms with Crippen molar-refractivity contribution in [2.24, 2.45) is 0 Å². The van der Waals surface area contributed by atoms with Crippen molar-refractivity contribution >= 4 is 0 Å². The smallest absolute Gasteiger partial charge is 0.160 e. The third-order valence-electron chi connectivity index (χ3n) is 1.42. The highest BCUT2D eigenvalue weighted by molar-refractivity contribution is 5.46. The van der Waals surface area contributed by atoms with E-state index in [1.54, 1.807) is 6.92 Å². The van der Waals surface area contributed by atoms with Crippen LogP contribution < -0.4 is 0 Å². The van der Waals surface area contributed by atoms with Crippen LogP contribution in [0.2, 0.25) is 0 Å². The van der Waals surface area contributed by atoms with Crippen molar-refractivity contribution in [2.45, 2.75) is 13.8 Å². The predicted molar refractivity (Wildman–Crippen MR) is 39.2 cm³/mol. The number of phenols is 2. The average molecular weight is 138 g/mol. The van der Waals surface area contributed by atoms with Crippen molar-refractivity contribution in [3.63, 3.8) is 0 Å². The van der Waals surface area contributed by atoms with Gasteiger partial charge in [0.05, 0.1) is 0 Å². The first-order valence-electron chi connectivity index (χ1n) is 3.10. The molecule has 1 aromatic rings. The molecule has 0 aliphatic heterocycles. The molecule has 0 bridgehead atoms. The summed E-state index contributed by atoms with van der Waals surface area (Å²) in [5, 5.41) is 18.1. The molecule has 0 saturated heterocycles. The van der Waals surface area contributed by atoms with Crippen LogP contribution >= 0.6 is 0 Å². The first kappa shape index (κ1) is 6.93. The van der Waals surface area contributed by atoms with Crippen LogP contribution in [0.1, 0.15) is 11.1 Å². The van der Waals surface area contributed by atoms with Gasteiger partial charge in [-0.25, -0.2) is 0 Å². The van der Waals surface area contributed by atoms with Crippen LogP contribution in [0.5, 0.6) is 11.5 Å². The summed E-state index contributed by atoms with van der Waals surface area (Å²) in [6.45, 7) is 3.62. The van der Waals surface area contributed by atoms with E-state index in [2.05, 4.69) is 0 Å². The minimum Gasteiger partial charge on any atom is -0.504 e. The van der Waals surface area contributed by atoms with Crippen molar-refractivity contribution in [1.82, 2.24) is 0 Å². The SMILES string of the molecule is Cc1cc(C)c(O)c(O)c1. The van der Waals surface area contributed by atoms with Gasteiger partial charge in [-0.1, -0.05) is 6.07 Å². The molecule has 0 aliphatic rings. The first-order chi connectivity index (χ1) is 4.61. The Kier molecular flexibility index (Phi) is 1.53. The van der Waals surface area contributed by atoms with Gasteiger partial charge in [0.2, 0.25) is 0 Å². The van der Waals surface area contributed by atoms with E-state index in [9.17, 15) is 0 Å². The molecule has 2 heteroatoms. The predicted octanol–water partition coefficient (Wildman–Crippen LogP) is 1.71. The lowest BCUT2D eigenvalue weighted by Crippen LogP contribution is -1.78. The van der Waals surface area contributed by atoms with Crippen LogP contribution in [0.15, 0.2) is 12.1 Å². The molecule has 2 N–H and O–H groups in total. The zero-order chi connectivity index (χ0) is 7.72. The fourth-order valence-corrected chi connectivity index (χ4v) is 0.938. The Morgan fingerprint density at radius 1 is 1.10 bits per heavy atom. The number of hydrogen-bond donors (Lipinski definition) is 2. The molecule has 2 nitrogen and oxygen atoms in total. The van der Waals surface area contributed by atoms with E-state index in [0.717, 1.165) is 5.56 Å². The summed E-state index contributed by atoms with van der Waals surface area (Å²) in [6, 6.07) is 3.34. The largest absolute Gasteiger partial charge is 0.504 e. The summed E-state index contributed by atoms with van der Waals surface area (Å²) in [7, 11) is 0. The standard InChI is InChI=1S/C8H10O2/c1-5-3-6(2)8(10)7(9)4-5/h3-4,9-10H,1-2H3. The zero-order valence-corrected chi connectivity index (χ0v) is 6.05. The molecule has 54 valence electrons. The minimum absolute atomic E-state index is 0.0226. The van der Waals surface area contributed by atoms with E-state index >= 15 is 0 Å². The summed E-state index contributed by atoms with van der Waals surface area (Å²) in [5.74, 6) is -0.0666. The lowest BCUT2D eigenvalue weighted by molar-refractivity contribution is 0.400.